The molecule has 0 bridgehead atoms. The number of para-hydroxylation sites is 1. The lowest BCUT2D eigenvalue weighted by Crippen LogP contribution is -2.12. The molecule has 28 heavy (non-hydrogen) atoms. The van der Waals surface area contributed by atoms with Crippen molar-refractivity contribution in [1.29, 1.82) is 0 Å². The molecule has 142 valence electrons. The number of halogens is 2. The van der Waals surface area contributed by atoms with Crippen molar-refractivity contribution in [3.8, 4) is 0 Å². The average Bonchev–Trinajstić information content (AvgIpc) is 2.70. The number of allylic oxidation sites excluding steroid dienone is 2. The molecule has 0 unspecified atom stereocenters. The highest BCUT2D eigenvalue weighted by Crippen LogP contribution is 2.26. The van der Waals surface area contributed by atoms with Crippen molar-refractivity contribution in [2.75, 3.05) is 5.32 Å². The molecule has 0 atom stereocenters. The van der Waals surface area contributed by atoms with E-state index in [0.717, 1.165) is 34.4 Å². The number of nitrogens with one attached hydrogen (secondary N) is 1. The minimum Gasteiger partial charge on any atom is -0.322 e. The highest BCUT2D eigenvalue weighted by Gasteiger charge is 2.07. The van der Waals surface area contributed by atoms with Crippen LogP contribution in [0.25, 0.3) is 5.57 Å². The third-order valence-corrected chi connectivity index (χ3v) is 5.37. The Balaban J connectivity index is 1.66. The smallest absolute Gasteiger partial charge is 0.255 e. The molecule has 1 amide bonds. The van der Waals surface area contributed by atoms with Crippen LogP contribution in [0, 0.1) is 6.92 Å². The second-order valence-corrected chi connectivity index (χ2v) is 7.50. The SMILES string of the molecule is C/C(=C\Cc1ccc(C(=O)Nc2ccccc2C)cc1)c1ccc(Cl)c(Cl)c1. The van der Waals surface area contributed by atoms with E-state index in [1.54, 1.807) is 6.07 Å². The summed E-state index contributed by atoms with van der Waals surface area (Å²) in [5.41, 5.74) is 5.81. The van der Waals surface area contributed by atoms with Crippen molar-refractivity contribution in [3.05, 3.63) is 105 Å². The number of amides is 1. The summed E-state index contributed by atoms with van der Waals surface area (Å²) in [6.45, 7) is 4.02. The highest BCUT2D eigenvalue weighted by atomic mass is 35.5. The van der Waals surface area contributed by atoms with Gasteiger partial charge in [-0.25, -0.2) is 0 Å². The molecule has 0 aliphatic rings. The Kier molecular flexibility index (Phi) is 6.56. The Morgan fingerprint density at radius 3 is 2.29 bits per heavy atom. The molecule has 0 heterocycles. The van der Waals surface area contributed by atoms with Crippen molar-refractivity contribution in [3.63, 3.8) is 0 Å². The molecular formula is C24H21Cl2NO. The van der Waals surface area contributed by atoms with Gasteiger partial charge < -0.3 is 5.32 Å². The van der Waals surface area contributed by atoms with E-state index >= 15 is 0 Å². The maximum absolute atomic E-state index is 12.4. The molecule has 0 spiro atoms. The normalized spacial score (nSPS) is 11.4. The van der Waals surface area contributed by atoms with Crippen molar-refractivity contribution < 1.29 is 4.79 Å². The fourth-order valence-electron chi connectivity index (χ4n) is 2.83. The van der Waals surface area contributed by atoms with Gasteiger partial charge >= 0.3 is 0 Å². The van der Waals surface area contributed by atoms with Crippen LogP contribution in [0.15, 0.2) is 72.8 Å². The van der Waals surface area contributed by atoms with Crippen LogP contribution in [0.1, 0.15) is 34.0 Å². The first-order chi connectivity index (χ1) is 13.4. The minimum absolute atomic E-state index is 0.108. The Hall–Kier alpha value is -2.55. The highest BCUT2D eigenvalue weighted by molar-refractivity contribution is 6.42. The van der Waals surface area contributed by atoms with Crippen molar-refractivity contribution >= 4 is 40.4 Å². The van der Waals surface area contributed by atoms with Crippen LogP contribution in [-0.2, 0) is 6.42 Å². The third kappa shape index (κ3) is 5.03. The average molecular weight is 410 g/mol. The Morgan fingerprint density at radius 2 is 1.61 bits per heavy atom. The van der Waals surface area contributed by atoms with Gasteiger partial charge in [-0.15, -0.1) is 0 Å². The second-order valence-electron chi connectivity index (χ2n) is 6.69. The van der Waals surface area contributed by atoms with E-state index < -0.39 is 0 Å². The third-order valence-electron chi connectivity index (χ3n) is 4.63. The molecule has 3 rings (SSSR count). The van der Waals surface area contributed by atoms with E-state index in [2.05, 4.69) is 11.4 Å². The van der Waals surface area contributed by atoms with E-state index in [4.69, 9.17) is 23.2 Å². The van der Waals surface area contributed by atoms with Crippen LogP contribution in [0.3, 0.4) is 0 Å². The van der Waals surface area contributed by atoms with Crippen molar-refractivity contribution in [1.82, 2.24) is 0 Å². The monoisotopic (exact) mass is 409 g/mol. The molecule has 1 N–H and O–H groups in total. The van der Waals surface area contributed by atoms with Gasteiger partial charge in [-0.3, -0.25) is 4.79 Å². The minimum atomic E-state index is -0.108. The lowest BCUT2D eigenvalue weighted by atomic mass is 10.0. The van der Waals surface area contributed by atoms with E-state index in [0.29, 0.717) is 15.6 Å². The molecule has 0 saturated heterocycles. The van der Waals surface area contributed by atoms with E-state index in [1.165, 1.54) is 0 Å². The van der Waals surface area contributed by atoms with Gasteiger partial charge in [-0.2, -0.15) is 0 Å². The maximum atomic E-state index is 12.4. The van der Waals surface area contributed by atoms with Crippen LogP contribution < -0.4 is 5.32 Å². The summed E-state index contributed by atoms with van der Waals surface area (Å²) in [6.07, 6.45) is 2.91. The molecule has 4 heteroatoms. The molecule has 0 aromatic heterocycles. The van der Waals surface area contributed by atoms with Crippen molar-refractivity contribution in [2.24, 2.45) is 0 Å². The second kappa shape index (κ2) is 9.09. The van der Waals surface area contributed by atoms with E-state index in [1.807, 2.05) is 74.5 Å². The van der Waals surface area contributed by atoms with Crippen LogP contribution >= 0.6 is 23.2 Å². The van der Waals surface area contributed by atoms with Gasteiger partial charge in [0.2, 0.25) is 0 Å². The lowest BCUT2D eigenvalue weighted by Gasteiger charge is -2.08. The van der Waals surface area contributed by atoms with E-state index in [-0.39, 0.29) is 5.91 Å². The van der Waals surface area contributed by atoms with Gasteiger partial charge in [-0.1, -0.05) is 65.7 Å². The standard InChI is InChI=1S/C24H21Cl2NO/c1-16(20-13-14-21(25)22(26)15-20)7-8-18-9-11-19(12-10-18)24(28)27-23-6-4-3-5-17(23)2/h3-7,9-15H,8H2,1-2H3,(H,27,28)/b16-7+. The number of carbonyl (C=O) groups is 1. The van der Waals surface area contributed by atoms with Gasteiger partial charge in [0.15, 0.2) is 0 Å². The summed E-state index contributed by atoms with van der Waals surface area (Å²) in [4.78, 5) is 12.4. The lowest BCUT2D eigenvalue weighted by molar-refractivity contribution is 0.102. The van der Waals surface area contributed by atoms with Crippen LogP contribution in [0.5, 0.6) is 0 Å². The first-order valence-corrected chi connectivity index (χ1v) is 9.78. The van der Waals surface area contributed by atoms with Gasteiger partial charge in [0.1, 0.15) is 0 Å². The number of anilines is 1. The van der Waals surface area contributed by atoms with Gasteiger partial charge in [0.25, 0.3) is 5.91 Å². The van der Waals surface area contributed by atoms with Gasteiger partial charge in [-0.05, 0) is 72.9 Å². The Morgan fingerprint density at radius 1 is 0.929 bits per heavy atom. The number of rotatable bonds is 5. The molecule has 0 aliphatic heterocycles. The predicted octanol–water partition coefficient (Wildman–Crippen LogP) is 7.20. The molecule has 0 radical (unpaired) electrons. The largest absolute Gasteiger partial charge is 0.322 e. The van der Waals surface area contributed by atoms with Crippen molar-refractivity contribution in [2.45, 2.75) is 20.3 Å². The summed E-state index contributed by atoms with van der Waals surface area (Å²) in [7, 11) is 0. The zero-order valence-corrected chi connectivity index (χ0v) is 17.3. The first-order valence-electron chi connectivity index (χ1n) is 9.02. The number of hydrogen-bond acceptors (Lipinski definition) is 1. The summed E-state index contributed by atoms with van der Waals surface area (Å²) in [6, 6.07) is 21.0. The molecule has 0 saturated carbocycles. The molecular weight excluding hydrogens is 389 g/mol. The van der Waals surface area contributed by atoms with Crippen LogP contribution in [0.2, 0.25) is 10.0 Å². The predicted molar refractivity (Wildman–Crippen MR) is 119 cm³/mol. The molecule has 0 aliphatic carbocycles. The fraction of sp³-hybridized carbons (Fsp3) is 0.125. The zero-order chi connectivity index (χ0) is 20.1. The number of aryl methyl sites for hydroxylation is 1. The van der Waals surface area contributed by atoms with Crippen LogP contribution in [-0.4, -0.2) is 5.91 Å². The Bertz CT molecular complexity index is 1020. The van der Waals surface area contributed by atoms with Gasteiger partial charge in [0, 0.05) is 11.3 Å². The summed E-state index contributed by atoms with van der Waals surface area (Å²) in [5.74, 6) is -0.108. The van der Waals surface area contributed by atoms with E-state index in [9.17, 15) is 4.79 Å². The number of hydrogen-bond donors (Lipinski definition) is 1. The summed E-state index contributed by atoms with van der Waals surface area (Å²) in [5, 5.41) is 4.06. The molecule has 0 fully saturated rings. The maximum Gasteiger partial charge on any atom is 0.255 e. The fourth-order valence-corrected chi connectivity index (χ4v) is 3.13. The molecule has 3 aromatic rings. The van der Waals surface area contributed by atoms with Gasteiger partial charge in [0.05, 0.1) is 10.0 Å². The topological polar surface area (TPSA) is 29.1 Å². The quantitative estimate of drug-likeness (QED) is 0.473. The molecule has 3 aromatic carbocycles. The summed E-state index contributed by atoms with van der Waals surface area (Å²) >= 11 is 12.1. The number of benzene rings is 3. The molecule has 2 nitrogen and oxygen atoms in total. The summed E-state index contributed by atoms with van der Waals surface area (Å²) < 4.78 is 0. The van der Waals surface area contributed by atoms with Crippen LogP contribution in [0.4, 0.5) is 5.69 Å². The first kappa shape index (κ1) is 20.2. The Labute approximate surface area is 175 Å². The zero-order valence-electron chi connectivity index (χ0n) is 15.8. The number of carbonyl (C=O) groups excluding carboxylic acids is 1.